The van der Waals surface area contributed by atoms with E-state index in [0.29, 0.717) is 11.6 Å². The summed E-state index contributed by atoms with van der Waals surface area (Å²) in [5, 5.41) is 2.11. The minimum Gasteiger partial charge on any atom is -0.323 e. The van der Waals surface area contributed by atoms with Crippen molar-refractivity contribution in [2.24, 2.45) is 0 Å². The molecule has 0 bridgehead atoms. The second-order valence-corrected chi connectivity index (χ2v) is 10.1. The van der Waals surface area contributed by atoms with E-state index >= 15 is 0 Å². The van der Waals surface area contributed by atoms with Crippen molar-refractivity contribution in [3.63, 3.8) is 0 Å². The fourth-order valence-corrected chi connectivity index (χ4v) is 5.11. The molecule has 180 valence electrons. The number of rotatable bonds is 7. The van der Waals surface area contributed by atoms with Gasteiger partial charge in [0.1, 0.15) is 10.9 Å². The first-order chi connectivity index (χ1) is 15.9. The Kier molecular flexibility index (Phi) is 8.15. The Morgan fingerprint density at radius 1 is 0.912 bits per heavy atom. The summed E-state index contributed by atoms with van der Waals surface area (Å²) in [7, 11) is -4.35. The van der Waals surface area contributed by atoms with Crippen LogP contribution in [0.25, 0.3) is 0 Å². The predicted molar refractivity (Wildman–Crippen MR) is 126 cm³/mol. The molecule has 3 aromatic rings. The van der Waals surface area contributed by atoms with Crippen LogP contribution in [-0.2, 0) is 27.4 Å². The number of benzene rings is 3. The van der Waals surface area contributed by atoms with E-state index in [9.17, 15) is 26.4 Å². The van der Waals surface area contributed by atoms with Crippen molar-refractivity contribution >= 4 is 56.4 Å². The second kappa shape index (κ2) is 10.5. The Bertz CT molecular complexity index is 1300. The van der Waals surface area contributed by atoms with E-state index in [1.54, 1.807) is 30.3 Å². The molecule has 0 unspecified atom stereocenters. The van der Waals surface area contributed by atoms with Gasteiger partial charge in [0, 0.05) is 5.02 Å². The van der Waals surface area contributed by atoms with E-state index in [1.807, 2.05) is 0 Å². The highest BCUT2D eigenvalue weighted by Crippen LogP contribution is 2.34. The van der Waals surface area contributed by atoms with Gasteiger partial charge in [-0.1, -0.05) is 65.1 Å². The van der Waals surface area contributed by atoms with Crippen molar-refractivity contribution in [2.45, 2.75) is 23.5 Å². The van der Waals surface area contributed by atoms with Crippen LogP contribution >= 0.6 is 34.8 Å². The third kappa shape index (κ3) is 6.64. The fraction of sp³-hybridized carbons (Fsp3) is 0.136. The predicted octanol–water partition coefficient (Wildman–Crippen LogP) is 6.19. The topological polar surface area (TPSA) is 75.3 Å². The molecule has 12 heteroatoms. The molecule has 5 nitrogen and oxygen atoms in total. The molecule has 1 atom stereocenters. The molecule has 0 saturated carbocycles. The van der Waals surface area contributed by atoms with Gasteiger partial charge in [-0.05, 0) is 48.4 Å². The maximum Gasteiger partial charge on any atom is 0.416 e. The van der Waals surface area contributed by atoms with Crippen LogP contribution in [0.3, 0.4) is 0 Å². The molecule has 3 aromatic carbocycles. The summed E-state index contributed by atoms with van der Waals surface area (Å²) in [5.41, 5.74) is -0.754. The number of carbonyl (C=O) groups is 1. The number of halogens is 6. The number of carbonyl (C=O) groups excluding carboxylic acids is 1. The molecule has 0 aliphatic carbocycles. The summed E-state index contributed by atoms with van der Waals surface area (Å²) in [6, 6.07) is 13.2. The number of sulfonamides is 1. The van der Waals surface area contributed by atoms with Crippen molar-refractivity contribution in [3.05, 3.63) is 92.9 Å². The first-order valence-electron chi connectivity index (χ1n) is 9.56. The van der Waals surface area contributed by atoms with Gasteiger partial charge in [0.2, 0.25) is 15.9 Å². The Hall–Kier alpha value is -2.30. The zero-order valence-electron chi connectivity index (χ0n) is 17.0. The molecule has 0 fully saturated rings. The summed E-state index contributed by atoms with van der Waals surface area (Å²) < 4.78 is 67.6. The highest BCUT2D eigenvalue weighted by Gasteiger charge is 2.32. The number of nitrogens with one attached hydrogen (secondary N) is 2. The molecule has 2 N–H and O–H groups in total. The van der Waals surface area contributed by atoms with Crippen LogP contribution in [0.5, 0.6) is 0 Å². The smallest absolute Gasteiger partial charge is 0.323 e. The fourth-order valence-electron chi connectivity index (χ4n) is 2.99. The van der Waals surface area contributed by atoms with E-state index in [2.05, 4.69) is 10.0 Å². The molecule has 3 rings (SSSR count). The average molecular weight is 552 g/mol. The lowest BCUT2D eigenvalue weighted by Gasteiger charge is -2.20. The van der Waals surface area contributed by atoms with Gasteiger partial charge < -0.3 is 5.32 Å². The summed E-state index contributed by atoms with van der Waals surface area (Å²) in [4.78, 5) is 12.7. The molecular formula is C22H16Cl3F3N2O3S. The number of hydrogen-bond acceptors (Lipinski definition) is 3. The maximum atomic E-state index is 13.1. The zero-order valence-corrected chi connectivity index (χ0v) is 20.1. The van der Waals surface area contributed by atoms with E-state index in [-0.39, 0.29) is 32.1 Å². The summed E-state index contributed by atoms with van der Waals surface area (Å²) in [6.45, 7) is 0. The highest BCUT2D eigenvalue weighted by molar-refractivity contribution is 7.89. The monoisotopic (exact) mass is 550 g/mol. The Balaban J connectivity index is 1.95. The van der Waals surface area contributed by atoms with Crippen molar-refractivity contribution in [3.8, 4) is 0 Å². The summed E-state index contributed by atoms with van der Waals surface area (Å²) in [5.74, 6) is -0.924. The summed E-state index contributed by atoms with van der Waals surface area (Å²) >= 11 is 17.9. The van der Waals surface area contributed by atoms with Crippen molar-refractivity contribution in [1.29, 1.82) is 0 Å². The Morgan fingerprint density at radius 2 is 1.56 bits per heavy atom. The van der Waals surface area contributed by atoms with Crippen molar-refractivity contribution in [2.75, 3.05) is 5.32 Å². The minimum atomic E-state index is -4.67. The lowest BCUT2D eigenvalue weighted by Crippen LogP contribution is -2.45. The van der Waals surface area contributed by atoms with Crippen LogP contribution in [0.4, 0.5) is 18.9 Å². The van der Waals surface area contributed by atoms with Crippen LogP contribution in [0, 0.1) is 0 Å². The van der Waals surface area contributed by atoms with Crippen LogP contribution in [0.2, 0.25) is 15.1 Å². The average Bonchev–Trinajstić information content (AvgIpc) is 2.76. The Morgan fingerprint density at radius 3 is 2.21 bits per heavy atom. The molecule has 0 saturated heterocycles. The molecule has 0 radical (unpaired) electrons. The lowest BCUT2D eigenvalue weighted by atomic mass is 10.1. The minimum absolute atomic E-state index is 0.101. The lowest BCUT2D eigenvalue weighted by molar-refractivity contribution is -0.137. The van der Waals surface area contributed by atoms with Crippen LogP contribution in [-0.4, -0.2) is 20.4 Å². The molecule has 0 aliphatic heterocycles. The third-order valence-electron chi connectivity index (χ3n) is 4.63. The number of hydrogen-bond donors (Lipinski definition) is 2. The van der Waals surface area contributed by atoms with Gasteiger partial charge in [-0.3, -0.25) is 4.79 Å². The molecule has 0 spiro atoms. The normalized spacial score (nSPS) is 12.9. The van der Waals surface area contributed by atoms with E-state index in [0.717, 1.165) is 18.2 Å². The maximum absolute atomic E-state index is 13.1. The molecule has 34 heavy (non-hydrogen) atoms. The van der Waals surface area contributed by atoms with Gasteiger partial charge >= 0.3 is 6.18 Å². The van der Waals surface area contributed by atoms with E-state index in [4.69, 9.17) is 34.8 Å². The van der Waals surface area contributed by atoms with Crippen LogP contribution in [0.1, 0.15) is 11.1 Å². The van der Waals surface area contributed by atoms with Gasteiger partial charge in [-0.2, -0.15) is 17.9 Å². The number of alkyl halides is 3. The largest absolute Gasteiger partial charge is 0.416 e. The first-order valence-corrected chi connectivity index (χ1v) is 12.2. The molecule has 1 amide bonds. The van der Waals surface area contributed by atoms with Crippen LogP contribution < -0.4 is 10.0 Å². The van der Waals surface area contributed by atoms with E-state index < -0.39 is 33.7 Å². The first kappa shape index (κ1) is 26.3. The van der Waals surface area contributed by atoms with Gasteiger partial charge in [-0.15, -0.1) is 0 Å². The van der Waals surface area contributed by atoms with Gasteiger partial charge in [0.15, 0.2) is 0 Å². The number of anilines is 1. The third-order valence-corrected chi connectivity index (χ3v) is 7.15. The zero-order chi connectivity index (χ0) is 25.1. The van der Waals surface area contributed by atoms with Crippen molar-refractivity contribution in [1.82, 2.24) is 4.72 Å². The molecular weight excluding hydrogens is 536 g/mol. The SMILES string of the molecule is O=C(Nc1cc(C(F)(F)F)ccc1Cl)[C@H](Cc1ccccc1)NS(=O)(=O)c1cc(Cl)ccc1Cl. The highest BCUT2D eigenvalue weighted by atomic mass is 35.5. The summed E-state index contributed by atoms with van der Waals surface area (Å²) in [6.07, 6.45) is -4.78. The standard InChI is InChI=1S/C22H16Cl3F3N2O3S/c23-15-7-9-17(25)20(12-15)34(32,33)30-19(10-13-4-2-1-3-5-13)21(31)29-18-11-14(22(26,27)28)6-8-16(18)24/h1-9,11-12,19,30H,10H2,(H,29,31)/t19-/m0/s1. The van der Waals surface area contributed by atoms with Gasteiger partial charge in [0.05, 0.1) is 21.3 Å². The van der Waals surface area contributed by atoms with E-state index in [1.165, 1.54) is 12.1 Å². The second-order valence-electron chi connectivity index (χ2n) is 7.12. The number of amides is 1. The van der Waals surface area contributed by atoms with Crippen LogP contribution in [0.15, 0.2) is 71.6 Å². The Labute approximate surface area is 208 Å². The molecule has 0 aliphatic rings. The quantitative estimate of drug-likeness (QED) is 0.367. The molecule has 0 aromatic heterocycles. The van der Waals surface area contributed by atoms with Gasteiger partial charge in [-0.25, -0.2) is 8.42 Å². The van der Waals surface area contributed by atoms with Gasteiger partial charge in [0.25, 0.3) is 0 Å². The van der Waals surface area contributed by atoms with Crippen molar-refractivity contribution < 1.29 is 26.4 Å². The molecule has 0 heterocycles.